The fourth-order valence-electron chi connectivity index (χ4n) is 1.56. The molecule has 0 amide bonds. The van der Waals surface area contributed by atoms with Crippen LogP contribution < -0.4 is 5.56 Å². The van der Waals surface area contributed by atoms with Crippen molar-refractivity contribution in [3.63, 3.8) is 0 Å². The summed E-state index contributed by atoms with van der Waals surface area (Å²) in [6.45, 7) is 0. The highest BCUT2D eigenvalue weighted by Gasteiger charge is 2.31. The molecule has 100 valence electrons. The van der Waals surface area contributed by atoms with Crippen molar-refractivity contribution in [3.8, 4) is 11.1 Å². The van der Waals surface area contributed by atoms with Crippen LogP contribution in [0.25, 0.3) is 11.1 Å². The molecule has 1 N–H and O–H groups in total. The van der Waals surface area contributed by atoms with E-state index in [1.807, 2.05) is 4.98 Å². The fourth-order valence-corrected chi connectivity index (χ4v) is 1.96. The second kappa shape index (κ2) is 4.90. The lowest BCUT2D eigenvalue weighted by Gasteiger charge is -2.09. The Morgan fingerprint density at radius 2 is 1.79 bits per heavy atom. The van der Waals surface area contributed by atoms with Crippen LogP contribution in [0.4, 0.5) is 13.2 Å². The third kappa shape index (κ3) is 2.77. The number of rotatable bonds is 1. The SMILES string of the molecule is O=c1[nH]cc(C(F)(F)F)cc1-c1cccc(Cl)c1Cl. The summed E-state index contributed by atoms with van der Waals surface area (Å²) in [4.78, 5) is 13.7. The Morgan fingerprint density at radius 3 is 2.42 bits per heavy atom. The maximum absolute atomic E-state index is 12.6. The quantitative estimate of drug-likeness (QED) is 0.834. The number of pyridine rings is 1. The summed E-state index contributed by atoms with van der Waals surface area (Å²) in [5.74, 6) is 0. The van der Waals surface area contributed by atoms with Crippen molar-refractivity contribution in [2.24, 2.45) is 0 Å². The van der Waals surface area contributed by atoms with E-state index in [0.717, 1.165) is 6.07 Å². The Kier molecular flexibility index (Phi) is 3.60. The van der Waals surface area contributed by atoms with E-state index in [9.17, 15) is 18.0 Å². The topological polar surface area (TPSA) is 32.9 Å². The van der Waals surface area contributed by atoms with Crippen LogP contribution in [0, 0.1) is 0 Å². The number of aromatic nitrogens is 1. The number of H-pyrrole nitrogens is 1. The van der Waals surface area contributed by atoms with E-state index in [1.165, 1.54) is 18.2 Å². The lowest BCUT2D eigenvalue weighted by atomic mass is 10.1. The molecule has 0 fully saturated rings. The monoisotopic (exact) mass is 307 g/mol. The van der Waals surface area contributed by atoms with E-state index >= 15 is 0 Å². The van der Waals surface area contributed by atoms with Gasteiger partial charge in [0.2, 0.25) is 0 Å². The maximum Gasteiger partial charge on any atom is 0.417 e. The highest BCUT2D eigenvalue weighted by molar-refractivity contribution is 6.43. The summed E-state index contributed by atoms with van der Waals surface area (Å²) in [7, 11) is 0. The van der Waals surface area contributed by atoms with Crippen LogP contribution in [-0.2, 0) is 6.18 Å². The van der Waals surface area contributed by atoms with Crippen LogP contribution in [0.3, 0.4) is 0 Å². The molecule has 0 saturated carbocycles. The second-order valence-electron chi connectivity index (χ2n) is 3.73. The predicted octanol–water partition coefficient (Wildman–Crippen LogP) is 4.37. The third-order valence-electron chi connectivity index (χ3n) is 2.47. The zero-order valence-electron chi connectivity index (χ0n) is 9.18. The molecule has 1 aromatic heterocycles. The molecule has 7 heteroatoms. The summed E-state index contributed by atoms with van der Waals surface area (Å²) in [5.41, 5.74) is -1.65. The van der Waals surface area contributed by atoms with Crippen LogP contribution in [-0.4, -0.2) is 4.98 Å². The van der Waals surface area contributed by atoms with Crippen LogP contribution in [0.1, 0.15) is 5.56 Å². The first kappa shape index (κ1) is 14.0. The number of aromatic amines is 1. The van der Waals surface area contributed by atoms with Crippen molar-refractivity contribution in [2.75, 3.05) is 0 Å². The molecule has 0 aliphatic carbocycles. The molecule has 0 saturated heterocycles. The van der Waals surface area contributed by atoms with Crippen LogP contribution in [0.15, 0.2) is 35.3 Å². The normalized spacial score (nSPS) is 11.6. The minimum absolute atomic E-state index is 0.0361. The first-order chi connectivity index (χ1) is 8.80. The number of halogens is 5. The molecular weight excluding hydrogens is 302 g/mol. The number of hydrogen-bond donors (Lipinski definition) is 1. The Hall–Kier alpha value is -1.46. The van der Waals surface area contributed by atoms with Crippen molar-refractivity contribution in [2.45, 2.75) is 6.18 Å². The Morgan fingerprint density at radius 1 is 1.11 bits per heavy atom. The average molecular weight is 308 g/mol. The molecule has 0 atom stereocenters. The van der Waals surface area contributed by atoms with Gasteiger partial charge in [-0.1, -0.05) is 35.3 Å². The van der Waals surface area contributed by atoms with Gasteiger partial charge < -0.3 is 4.98 Å². The van der Waals surface area contributed by atoms with Gasteiger partial charge in [-0.2, -0.15) is 13.2 Å². The van der Waals surface area contributed by atoms with Crippen LogP contribution >= 0.6 is 23.2 Å². The van der Waals surface area contributed by atoms with E-state index in [2.05, 4.69) is 0 Å². The molecule has 0 radical (unpaired) electrons. The van der Waals surface area contributed by atoms with Crippen molar-refractivity contribution in [1.29, 1.82) is 0 Å². The molecule has 0 spiro atoms. The van der Waals surface area contributed by atoms with E-state index in [1.54, 1.807) is 0 Å². The molecule has 2 rings (SSSR count). The molecule has 2 aromatic rings. The number of nitrogens with one attached hydrogen (secondary N) is 1. The van der Waals surface area contributed by atoms with Gasteiger partial charge in [0.25, 0.3) is 5.56 Å². The van der Waals surface area contributed by atoms with Crippen molar-refractivity contribution >= 4 is 23.2 Å². The van der Waals surface area contributed by atoms with Crippen molar-refractivity contribution < 1.29 is 13.2 Å². The van der Waals surface area contributed by atoms with E-state index < -0.39 is 17.3 Å². The minimum atomic E-state index is -4.55. The standard InChI is InChI=1S/C12H6Cl2F3NO/c13-9-3-1-2-7(10(9)14)8-4-6(12(15,16)17)5-18-11(8)19/h1-5H,(H,18,19). The second-order valence-corrected chi connectivity index (χ2v) is 4.52. The molecular formula is C12H6Cl2F3NO. The first-order valence-electron chi connectivity index (χ1n) is 5.05. The Balaban J connectivity index is 2.69. The summed E-state index contributed by atoms with van der Waals surface area (Å²) < 4.78 is 37.8. The third-order valence-corrected chi connectivity index (χ3v) is 3.29. The maximum atomic E-state index is 12.6. The van der Waals surface area contributed by atoms with Gasteiger partial charge in [-0.05, 0) is 12.1 Å². The largest absolute Gasteiger partial charge is 0.417 e. The number of benzene rings is 1. The minimum Gasteiger partial charge on any atom is -0.328 e. The zero-order chi connectivity index (χ0) is 14.2. The van der Waals surface area contributed by atoms with Gasteiger partial charge in [-0.25, -0.2) is 0 Å². The van der Waals surface area contributed by atoms with Gasteiger partial charge in [0.1, 0.15) is 0 Å². The Labute approximate surface area is 115 Å². The van der Waals surface area contributed by atoms with Gasteiger partial charge in [0.15, 0.2) is 0 Å². The van der Waals surface area contributed by atoms with E-state index in [-0.39, 0.29) is 21.2 Å². The summed E-state index contributed by atoms with van der Waals surface area (Å²) in [5, 5.41) is 0.199. The molecule has 1 heterocycles. The summed E-state index contributed by atoms with van der Waals surface area (Å²) in [6, 6.07) is 5.16. The van der Waals surface area contributed by atoms with Crippen LogP contribution in [0.5, 0.6) is 0 Å². The van der Waals surface area contributed by atoms with Gasteiger partial charge in [0.05, 0.1) is 15.6 Å². The Bertz CT molecular complexity index is 679. The van der Waals surface area contributed by atoms with Gasteiger partial charge in [0, 0.05) is 17.3 Å². The predicted molar refractivity (Wildman–Crippen MR) is 67.5 cm³/mol. The van der Waals surface area contributed by atoms with Gasteiger partial charge >= 0.3 is 6.18 Å². The van der Waals surface area contributed by atoms with E-state index in [4.69, 9.17) is 23.2 Å². The number of alkyl halides is 3. The van der Waals surface area contributed by atoms with Gasteiger partial charge in [-0.3, -0.25) is 4.79 Å². The molecule has 1 aromatic carbocycles. The highest BCUT2D eigenvalue weighted by Crippen LogP contribution is 2.34. The number of hydrogen-bond acceptors (Lipinski definition) is 1. The molecule has 2 nitrogen and oxygen atoms in total. The van der Waals surface area contributed by atoms with Crippen LogP contribution in [0.2, 0.25) is 10.0 Å². The fraction of sp³-hybridized carbons (Fsp3) is 0.0833. The smallest absolute Gasteiger partial charge is 0.328 e. The molecule has 0 aliphatic rings. The van der Waals surface area contributed by atoms with Crippen molar-refractivity contribution in [1.82, 2.24) is 4.98 Å². The highest BCUT2D eigenvalue weighted by atomic mass is 35.5. The molecule has 0 aliphatic heterocycles. The first-order valence-corrected chi connectivity index (χ1v) is 5.80. The summed E-state index contributed by atoms with van der Waals surface area (Å²) >= 11 is 11.7. The molecule has 0 bridgehead atoms. The average Bonchev–Trinajstić information content (AvgIpc) is 2.32. The zero-order valence-corrected chi connectivity index (χ0v) is 10.7. The van der Waals surface area contributed by atoms with Gasteiger partial charge in [-0.15, -0.1) is 0 Å². The summed E-state index contributed by atoms with van der Waals surface area (Å²) in [6.07, 6.45) is -3.94. The van der Waals surface area contributed by atoms with Crippen molar-refractivity contribution in [3.05, 3.63) is 56.4 Å². The van der Waals surface area contributed by atoms with E-state index in [0.29, 0.717) is 6.20 Å². The molecule has 0 unspecified atom stereocenters. The lowest BCUT2D eigenvalue weighted by molar-refractivity contribution is -0.137. The lowest BCUT2D eigenvalue weighted by Crippen LogP contribution is -2.14. The molecule has 19 heavy (non-hydrogen) atoms.